The van der Waals surface area contributed by atoms with Gasteiger partial charge in [-0.3, -0.25) is 4.79 Å². The number of aliphatic hydroxyl groups is 4. The zero-order valence-corrected chi connectivity index (χ0v) is 28.0. The second-order valence-electron chi connectivity index (χ2n) is 17.0. The molecule has 6 fully saturated rings. The van der Waals surface area contributed by atoms with E-state index < -0.39 is 54.8 Å². The summed E-state index contributed by atoms with van der Waals surface area (Å²) < 4.78 is 17.9. The number of aliphatic hydroxyl groups excluding tert-OH is 4. The second-order valence-corrected chi connectivity index (χ2v) is 17.0. The Labute approximate surface area is 271 Å². The molecule has 1 saturated heterocycles. The number of carboxylic acids is 1. The third kappa shape index (κ3) is 4.09. The Bertz CT molecular complexity index is 1300. The molecule has 0 aromatic carbocycles. The van der Waals surface area contributed by atoms with Crippen molar-refractivity contribution in [3.63, 3.8) is 0 Å². The van der Waals surface area contributed by atoms with Crippen LogP contribution >= 0.6 is 0 Å². The zero-order chi connectivity index (χ0) is 33.2. The predicted octanol–water partition coefficient (Wildman–Crippen LogP) is 3.57. The maximum Gasteiger partial charge on any atom is 0.333 e. The molecule has 5 saturated carbocycles. The largest absolute Gasteiger partial charge is 0.481 e. The molecule has 2 aliphatic heterocycles. The van der Waals surface area contributed by atoms with Crippen LogP contribution in [0.3, 0.4) is 0 Å². The Morgan fingerprint density at radius 2 is 1.65 bits per heavy atom. The lowest BCUT2D eigenvalue weighted by Crippen LogP contribution is -2.63. The molecule has 16 atom stereocenters. The van der Waals surface area contributed by atoms with Crippen LogP contribution in [0.5, 0.6) is 0 Å². The van der Waals surface area contributed by atoms with Gasteiger partial charge in [-0.25, -0.2) is 4.79 Å². The van der Waals surface area contributed by atoms with Crippen molar-refractivity contribution >= 4 is 11.9 Å². The summed E-state index contributed by atoms with van der Waals surface area (Å²) in [5, 5.41) is 51.8. The van der Waals surface area contributed by atoms with Crippen LogP contribution in [0.2, 0.25) is 0 Å². The quantitative estimate of drug-likeness (QED) is 0.213. The lowest BCUT2D eigenvalue weighted by atomic mass is 9.41. The molecule has 10 heteroatoms. The molecule has 46 heavy (non-hydrogen) atoms. The van der Waals surface area contributed by atoms with Crippen molar-refractivity contribution in [1.29, 1.82) is 0 Å². The van der Waals surface area contributed by atoms with E-state index in [4.69, 9.17) is 14.2 Å². The maximum absolute atomic E-state index is 13.3. The lowest BCUT2D eigenvalue weighted by molar-refractivity contribution is -0.326. The van der Waals surface area contributed by atoms with Gasteiger partial charge in [-0.1, -0.05) is 26.8 Å². The number of esters is 1. The molecule has 0 radical (unpaired) electrons. The van der Waals surface area contributed by atoms with Gasteiger partial charge in [0.2, 0.25) is 0 Å². The minimum absolute atomic E-state index is 0.0758. The van der Waals surface area contributed by atoms with Crippen LogP contribution in [0.25, 0.3) is 0 Å². The van der Waals surface area contributed by atoms with Crippen molar-refractivity contribution in [2.45, 2.75) is 142 Å². The van der Waals surface area contributed by atoms with Gasteiger partial charge in [-0.2, -0.15) is 0 Å². The third-order valence-corrected chi connectivity index (χ3v) is 15.8. The maximum atomic E-state index is 13.3. The van der Waals surface area contributed by atoms with Crippen molar-refractivity contribution < 1.29 is 49.3 Å². The van der Waals surface area contributed by atoms with Crippen molar-refractivity contribution in [2.75, 3.05) is 6.61 Å². The van der Waals surface area contributed by atoms with Crippen molar-refractivity contribution in [3.8, 4) is 0 Å². The number of hydrogen-bond acceptors (Lipinski definition) is 9. The van der Waals surface area contributed by atoms with Gasteiger partial charge in [0.05, 0.1) is 18.1 Å². The van der Waals surface area contributed by atoms with Crippen LogP contribution in [0.15, 0.2) is 11.6 Å². The molecule has 7 rings (SSSR count). The molecule has 10 nitrogen and oxygen atoms in total. The molecule has 258 valence electrons. The Morgan fingerprint density at radius 3 is 2.33 bits per heavy atom. The van der Waals surface area contributed by atoms with Gasteiger partial charge in [0.1, 0.15) is 30.5 Å². The first kappa shape index (κ1) is 33.0. The molecule has 0 aromatic heterocycles. The fourth-order valence-corrected chi connectivity index (χ4v) is 13.0. The summed E-state index contributed by atoms with van der Waals surface area (Å²) in [4.78, 5) is 25.7. The normalized spacial score (nSPS) is 55.2. The van der Waals surface area contributed by atoms with Crippen LogP contribution in [-0.2, 0) is 23.8 Å². The average molecular weight is 647 g/mol. The summed E-state index contributed by atoms with van der Waals surface area (Å²) in [6, 6.07) is 0. The van der Waals surface area contributed by atoms with Gasteiger partial charge in [-0.15, -0.1) is 0 Å². The first-order valence-corrected chi connectivity index (χ1v) is 17.7. The van der Waals surface area contributed by atoms with Gasteiger partial charge >= 0.3 is 11.9 Å². The standard InChI is InChI=1S/C36H54O10/c1-18-6-7-21(44-29(18)41)19(2)20-10-12-33(4)23-8-9-24-34(5,31(42)43)25(46-30-28(40)27(39)26(38)22(16-37)45-30)11-13-35(24)17-36(23,35)15-14-32(20,33)3/h6,19-28,30,37-40H,7-17H2,1-5H3,(H,42,43). The van der Waals surface area contributed by atoms with Crippen molar-refractivity contribution in [1.82, 2.24) is 0 Å². The van der Waals surface area contributed by atoms with Crippen LogP contribution < -0.4 is 0 Å². The first-order chi connectivity index (χ1) is 21.6. The molecule has 16 unspecified atom stereocenters. The number of rotatable bonds is 6. The van der Waals surface area contributed by atoms with E-state index in [9.17, 15) is 35.1 Å². The summed E-state index contributed by atoms with van der Waals surface area (Å²) in [6.07, 6.45) is 3.43. The van der Waals surface area contributed by atoms with Gasteiger partial charge in [-0.05, 0) is 117 Å². The summed E-state index contributed by atoms with van der Waals surface area (Å²) in [5.41, 5.74) is -0.273. The predicted molar refractivity (Wildman–Crippen MR) is 165 cm³/mol. The Morgan fingerprint density at radius 1 is 0.957 bits per heavy atom. The third-order valence-electron chi connectivity index (χ3n) is 15.8. The van der Waals surface area contributed by atoms with Crippen LogP contribution in [0, 0.1) is 50.7 Å². The van der Waals surface area contributed by atoms with Gasteiger partial charge in [0.15, 0.2) is 6.29 Å². The molecular weight excluding hydrogens is 592 g/mol. The van der Waals surface area contributed by atoms with E-state index >= 15 is 0 Å². The van der Waals surface area contributed by atoms with E-state index in [-0.39, 0.29) is 45.6 Å². The van der Waals surface area contributed by atoms with E-state index in [0.29, 0.717) is 23.8 Å². The highest BCUT2D eigenvalue weighted by Gasteiger charge is 2.83. The first-order valence-electron chi connectivity index (χ1n) is 17.7. The molecule has 5 N–H and O–H groups in total. The smallest absolute Gasteiger partial charge is 0.333 e. The van der Waals surface area contributed by atoms with Gasteiger partial charge in [0.25, 0.3) is 0 Å². The number of fused-ring (bicyclic) bond motifs is 2. The Balaban J connectivity index is 1.13. The summed E-state index contributed by atoms with van der Waals surface area (Å²) in [6.45, 7) is 10.3. The summed E-state index contributed by atoms with van der Waals surface area (Å²) >= 11 is 0. The van der Waals surface area contributed by atoms with E-state index in [1.807, 2.05) is 13.0 Å². The molecule has 5 aliphatic carbocycles. The SMILES string of the molecule is CC1=CCC(C(C)C2CCC3(C)C4CCC5C(C)(C(=O)O)C(OC6OC(CO)C(O)C(O)C6O)CCC56CC46CCC23C)OC1=O. The highest BCUT2D eigenvalue weighted by molar-refractivity contribution is 5.88. The average Bonchev–Trinajstić information content (AvgIpc) is 3.61. The topological polar surface area (TPSA) is 163 Å². The molecular formula is C36H54O10. The fraction of sp³-hybridized carbons (Fsp3) is 0.889. The number of hydrogen-bond donors (Lipinski definition) is 5. The van der Waals surface area contributed by atoms with E-state index in [2.05, 4.69) is 20.8 Å². The molecule has 0 aromatic rings. The van der Waals surface area contributed by atoms with Crippen LogP contribution in [0.1, 0.15) is 98.8 Å². The Kier molecular flexibility index (Phi) is 7.68. The summed E-state index contributed by atoms with van der Waals surface area (Å²) in [7, 11) is 0. The zero-order valence-electron chi connectivity index (χ0n) is 28.0. The van der Waals surface area contributed by atoms with Crippen molar-refractivity contribution in [3.05, 3.63) is 11.6 Å². The van der Waals surface area contributed by atoms with E-state index in [0.717, 1.165) is 57.8 Å². The van der Waals surface area contributed by atoms with Gasteiger partial charge < -0.3 is 39.7 Å². The molecule has 2 heterocycles. The minimum atomic E-state index is -1.58. The number of carboxylic acid groups (broad SMARTS) is 1. The van der Waals surface area contributed by atoms with Gasteiger partial charge in [0, 0.05) is 12.0 Å². The number of ether oxygens (including phenoxy) is 3. The Hall–Kier alpha value is -1.56. The second kappa shape index (κ2) is 10.7. The molecule has 7 aliphatic rings. The van der Waals surface area contributed by atoms with Crippen molar-refractivity contribution in [2.24, 2.45) is 50.7 Å². The fourth-order valence-electron chi connectivity index (χ4n) is 13.0. The number of aliphatic carboxylic acids is 1. The molecule has 2 spiro atoms. The van der Waals surface area contributed by atoms with E-state index in [1.165, 1.54) is 0 Å². The number of carbonyl (C=O) groups excluding carboxylic acids is 1. The minimum Gasteiger partial charge on any atom is -0.481 e. The van der Waals surface area contributed by atoms with E-state index in [1.54, 1.807) is 6.92 Å². The monoisotopic (exact) mass is 646 g/mol. The molecule has 0 amide bonds. The van der Waals surface area contributed by atoms with Crippen LogP contribution in [-0.4, -0.2) is 87.0 Å². The lowest BCUT2D eigenvalue weighted by Gasteiger charge is -2.63. The highest BCUT2D eigenvalue weighted by atomic mass is 16.7. The van der Waals surface area contributed by atoms with Crippen LogP contribution in [0.4, 0.5) is 0 Å². The number of cyclic esters (lactones) is 1. The highest BCUT2D eigenvalue weighted by Crippen LogP contribution is 2.89. The number of carbonyl (C=O) groups is 2. The molecule has 0 bridgehead atoms. The summed E-state index contributed by atoms with van der Waals surface area (Å²) in [5.74, 6) is 0.0206.